The number of amides is 2. The maximum atomic E-state index is 12.5. The number of hydrogen-bond donors (Lipinski definition) is 2. The van der Waals surface area contributed by atoms with Gasteiger partial charge in [-0.1, -0.05) is 6.92 Å². The number of nitrogens with two attached hydrogens (primary N) is 1. The van der Waals surface area contributed by atoms with Crippen molar-refractivity contribution in [2.24, 2.45) is 5.73 Å². The van der Waals surface area contributed by atoms with Gasteiger partial charge in [-0.2, -0.15) is 0 Å². The number of nitrogens with one attached hydrogen (secondary N) is 1. The highest BCUT2D eigenvalue weighted by Crippen LogP contribution is 2.42. The number of rotatable bonds is 5. The lowest BCUT2D eigenvalue weighted by atomic mass is 10.0. The molecule has 7 nitrogen and oxygen atoms in total. The molecule has 0 fully saturated rings. The predicted molar refractivity (Wildman–Crippen MR) is 83.4 cm³/mol. The SMILES string of the molecule is CCC(C(N)=O)N1C(=O)C(C)Nc2cc(OC)c(OC)cc21. The monoisotopic (exact) mass is 307 g/mol. The zero-order valence-electron chi connectivity index (χ0n) is 13.2. The van der Waals surface area contributed by atoms with E-state index >= 15 is 0 Å². The van der Waals surface area contributed by atoms with Gasteiger partial charge in [0, 0.05) is 12.1 Å². The average Bonchev–Trinajstić information content (AvgIpc) is 2.50. The van der Waals surface area contributed by atoms with Crippen LogP contribution in [0.4, 0.5) is 11.4 Å². The molecule has 1 aliphatic rings. The smallest absolute Gasteiger partial charge is 0.249 e. The summed E-state index contributed by atoms with van der Waals surface area (Å²) in [4.78, 5) is 25.7. The molecule has 2 amide bonds. The Morgan fingerprint density at radius 3 is 2.45 bits per heavy atom. The lowest BCUT2D eigenvalue weighted by molar-refractivity contribution is -0.125. The van der Waals surface area contributed by atoms with Crippen LogP contribution in [0.25, 0.3) is 0 Å². The minimum absolute atomic E-state index is 0.203. The van der Waals surface area contributed by atoms with E-state index in [1.165, 1.54) is 19.1 Å². The molecule has 0 aromatic heterocycles. The van der Waals surface area contributed by atoms with Gasteiger partial charge in [0.1, 0.15) is 12.1 Å². The number of carbonyl (C=O) groups excluding carboxylic acids is 2. The Labute approximate surface area is 129 Å². The predicted octanol–water partition coefficient (Wildman–Crippen LogP) is 1.11. The zero-order valence-corrected chi connectivity index (χ0v) is 13.2. The lowest BCUT2D eigenvalue weighted by Crippen LogP contribution is -2.54. The van der Waals surface area contributed by atoms with Crippen LogP contribution in [0, 0.1) is 0 Å². The largest absolute Gasteiger partial charge is 0.493 e. The summed E-state index contributed by atoms with van der Waals surface area (Å²) in [6.07, 6.45) is 0.432. The van der Waals surface area contributed by atoms with E-state index in [0.717, 1.165) is 0 Å². The third-order valence-corrected chi connectivity index (χ3v) is 3.77. The molecule has 0 saturated carbocycles. The molecular weight excluding hydrogens is 286 g/mol. The Hall–Kier alpha value is -2.44. The van der Waals surface area contributed by atoms with Crippen LogP contribution in [0.1, 0.15) is 20.3 Å². The summed E-state index contributed by atoms with van der Waals surface area (Å²) in [5.41, 5.74) is 6.72. The second-order valence-electron chi connectivity index (χ2n) is 5.13. The topological polar surface area (TPSA) is 93.9 Å². The number of benzene rings is 1. The Balaban J connectivity index is 2.61. The summed E-state index contributed by atoms with van der Waals surface area (Å²) in [5, 5.41) is 3.10. The van der Waals surface area contributed by atoms with Gasteiger partial charge in [-0.15, -0.1) is 0 Å². The fourth-order valence-corrected chi connectivity index (χ4v) is 2.64. The van der Waals surface area contributed by atoms with Crippen LogP contribution in [0.3, 0.4) is 0 Å². The Morgan fingerprint density at radius 2 is 1.95 bits per heavy atom. The molecule has 22 heavy (non-hydrogen) atoms. The van der Waals surface area contributed by atoms with Gasteiger partial charge < -0.3 is 20.5 Å². The second-order valence-corrected chi connectivity index (χ2v) is 5.13. The fourth-order valence-electron chi connectivity index (χ4n) is 2.64. The first-order valence-electron chi connectivity index (χ1n) is 7.09. The van der Waals surface area contributed by atoms with Gasteiger partial charge in [-0.3, -0.25) is 14.5 Å². The van der Waals surface area contributed by atoms with Gasteiger partial charge in [-0.05, 0) is 13.3 Å². The van der Waals surface area contributed by atoms with E-state index in [0.29, 0.717) is 29.3 Å². The molecule has 2 unspecified atom stereocenters. The van der Waals surface area contributed by atoms with Gasteiger partial charge in [0.25, 0.3) is 0 Å². The number of carbonyl (C=O) groups is 2. The summed E-state index contributed by atoms with van der Waals surface area (Å²) < 4.78 is 10.6. The molecule has 3 N–H and O–H groups in total. The number of ether oxygens (including phenoxy) is 2. The maximum absolute atomic E-state index is 12.5. The Morgan fingerprint density at radius 1 is 1.36 bits per heavy atom. The number of nitrogens with zero attached hydrogens (tertiary/aromatic N) is 1. The van der Waals surface area contributed by atoms with Crippen molar-refractivity contribution in [2.45, 2.75) is 32.4 Å². The van der Waals surface area contributed by atoms with Gasteiger partial charge in [-0.25, -0.2) is 0 Å². The minimum atomic E-state index is -0.700. The molecule has 1 heterocycles. The molecule has 1 aromatic rings. The number of fused-ring (bicyclic) bond motifs is 1. The molecule has 1 aromatic carbocycles. The summed E-state index contributed by atoms with van der Waals surface area (Å²) in [6.45, 7) is 3.55. The molecule has 0 aliphatic carbocycles. The van der Waals surface area contributed by atoms with Crippen LogP contribution >= 0.6 is 0 Å². The van der Waals surface area contributed by atoms with Crippen LogP contribution in [-0.2, 0) is 9.59 Å². The number of primary amides is 1. The molecule has 1 aliphatic heterocycles. The summed E-state index contributed by atoms with van der Waals surface area (Å²) in [6, 6.07) is 2.27. The van der Waals surface area contributed by atoms with Crippen molar-refractivity contribution < 1.29 is 19.1 Å². The molecule has 0 radical (unpaired) electrons. The summed E-state index contributed by atoms with van der Waals surface area (Å²) >= 11 is 0. The number of methoxy groups -OCH3 is 2. The van der Waals surface area contributed by atoms with E-state index in [2.05, 4.69) is 5.32 Å². The van der Waals surface area contributed by atoms with Crippen molar-refractivity contribution in [1.82, 2.24) is 0 Å². The van der Waals surface area contributed by atoms with E-state index in [9.17, 15) is 9.59 Å². The Kier molecular flexibility index (Phi) is 4.44. The van der Waals surface area contributed by atoms with E-state index in [4.69, 9.17) is 15.2 Å². The Bertz CT molecular complexity index is 603. The van der Waals surface area contributed by atoms with Crippen molar-refractivity contribution in [3.8, 4) is 11.5 Å². The van der Waals surface area contributed by atoms with E-state index in [1.54, 1.807) is 19.1 Å². The van der Waals surface area contributed by atoms with Gasteiger partial charge >= 0.3 is 0 Å². The maximum Gasteiger partial charge on any atom is 0.249 e. The molecule has 2 atom stereocenters. The van der Waals surface area contributed by atoms with Gasteiger partial charge in [0.15, 0.2) is 11.5 Å². The molecular formula is C15H21N3O4. The summed E-state index contributed by atoms with van der Waals surface area (Å²) in [5.74, 6) is 0.285. The first-order chi connectivity index (χ1) is 10.4. The van der Waals surface area contributed by atoms with Crippen LogP contribution in [0.15, 0.2) is 12.1 Å². The van der Waals surface area contributed by atoms with Gasteiger partial charge in [0.05, 0.1) is 25.6 Å². The van der Waals surface area contributed by atoms with Crippen molar-refractivity contribution in [3.05, 3.63) is 12.1 Å². The third-order valence-electron chi connectivity index (χ3n) is 3.77. The van der Waals surface area contributed by atoms with Crippen molar-refractivity contribution in [2.75, 3.05) is 24.4 Å². The molecule has 0 saturated heterocycles. The van der Waals surface area contributed by atoms with Crippen LogP contribution in [0.2, 0.25) is 0 Å². The van der Waals surface area contributed by atoms with Gasteiger partial charge in [0.2, 0.25) is 11.8 Å². The van der Waals surface area contributed by atoms with E-state index < -0.39 is 18.0 Å². The molecule has 7 heteroatoms. The summed E-state index contributed by atoms with van der Waals surface area (Å²) in [7, 11) is 3.05. The second kappa shape index (κ2) is 6.13. The van der Waals surface area contributed by atoms with Crippen molar-refractivity contribution in [1.29, 1.82) is 0 Å². The highest BCUT2D eigenvalue weighted by molar-refractivity contribution is 6.09. The average molecular weight is 307 g/mol. The number of anilines is 2. The van der Waals surface area contributed by atoms with E-state index in [-0.39, 0.29) is 5.91 Å². The normalized spacial score (nSPS) is 18.3. The molecule has 0 spiro atoms. The minimum Gasteiger partial charge on any atom is -0.493 e. The van der Waals surface area contributed by atoms with Crippen molar-refractivity contribution >= 4 is 23.2 Å². The van der Waals surface area contributed by atoms with Crippen LogP contribution in [-0.4, -0.2) is 38.1 Å². The molecule has 120 valence electrons. The van der Waals surface area contributed by atoms with Crippen LogP contribution < -0.4 is 25.4 Å². The van der Waals surface area contributed by atoms with Crippen LogP contribution in [0.5, 0.6) is 11.5 Å². The number of hydrogen-bond acceptors (Lipinski definition) is 5. The fraction of sp³-hybridized carbons (Fsp3) is 0.467. The highest BCUT2D eigenvalue weighted by Gasteiger charge is 2.37. The molecule has 2 rings (SSSR count). The third kappa shape index (κ3) is 2.54. The molecule has 0 bridgehead atoms. The quantitative estimate of drug-likeness (QED) is 0.850. The zero-order chi connectivity index (χ0) is 16.4. The first-order valence-corrected chi connectivity index (χ1v) is 7.09. The van der Waals surface area contributed by atoms with E-state index in [1.807, 2.05) is 6.92 Å². The van der Waals surface area contributed by atoms with Crippen molar-refractivity contribution in [3.63, 3.8) is 0 Å². The lowest BCUT2D eigenvalue weighted by Gasteiger charge is -2.38. The first kappa shape index (κ1) is 15.9. The standard InChI is InChI=1S/C15H21N3O4/c1-5-10(14(16)19)18-11-7-13(22-4)12(21-3)6-9(11)17-8(2)15(18)20/h6-8,10,17H,5H2,1-4H3,(H2,16,19). The highest BCUT2D eigenvalue weighted by atomic mass is 16.5.